The number of anilines is 2. The van der Waals surface area contributed by atoms with E-state index in [0.29, 0.717) is 12.1 Å². The monoisotopic (exact) mass is 475 g/mol. The quantitative estimate of drug-likeness (QED) is 0.447. The Hall–Kier alpha value is -2.35. The summed E-state index contributed by atoms with van der Waals surface area (Å²) >= 11 is 0. The Bertz CT molecular complexity index is 1030. The average Bonchev–Trinajstić information content (AvgIpc) is 3.25. The number of nitrogens with zero attached hydrogens (tertiary/aromatic N) is 1. The molecule has 1 unspecified atom stereocenters. The second-order valence-electron chi connectivity index (χ2n) is 9.18. The first-order chi connectivity index (χ1) is 15.8. The van der Waals surface area contributed by atoms with E-state index in [1.54, 1.807) is 0 Å². The average molecular weight is 476 g/mol. The maximum absolute atomic E-state index is 13.3. The van der Waals surface area contributed by atoms with Crippen LogP contribution in [0.5, 0.6) is 0 Å². The Morgan fingerprint density at radius 2 is 1.94 bits per heavy atom. The van der Waals surface area contributed by atoms with E-state index in [-0.39, 0.29) is 28.1 Å². The molecule has 1 aliphatic rings. The summed E-state index contributed by atoms with van der Waals surface area (Å²) in [4.78, 5) is 16.3. The molecule has 3 N–H and O–H groups in total. The fourth-order valence-corrected chi connectivity index (χ4v) is 7.17. The van der Waals surface area contributed by atoms with Crippen molar-refractivity contribution in [3.05, 3.63) is 41.3 Å². The van der Waals surface area contributed by atoms with Gasteiger partial charge in [-0.1, -0.05) is 51.2 Å². The molecule has 1 aromatic heterocycles. The molecule has 1 atom stereocenters. The molecule has 1 aromatic carbocycles. The van der Waals surface area contributed by atoms with Crippen LogP contribution in [-0.2, 0) is 16.3 Å². The molecule has 0 saturated heterocycles. The molecule has 0 spiro atoms. The number of nitrogens with one attached hydrogen (secondary N) is 1. The molecule has 1 heterocycles. The zero-order chi connectivity index (χ0) is 23.8. The second-order valence-corrected chi connectivity index (χ2v) is 11.7. The Morgan fingerprint density at radius 3 is 2.61 bits per heavy atom. The van der Waals surface area contributed by atoms with Crippen molar-refractivity contribution in [1.82, 2.24) is 4.98 Å². The maximum Gasteiger partial charge on any atom is 0.292 e. The van der Waals surface area contributed by atoms with Crippen molar-refractivity contribution in [3.63, 3.8) is 0 Å². The molecule has 0 bridgehead atoms. The number of amides is 1. The van der Waals surface area contributed by atoms with E-state index >= 15 is 0 Å². The van der Waals surface area contributed by atoms with Crippen LogP contribution < -0.4 is 11.1 Å². The first-order valence-corrected chi connectivity index (χ1v) is 13.8. The van der Waals surface area contributed by atoms with Crippen molar-refractivity contribution in [3.8, 4) is 0 Å². The first-order valence-electron chi connectivity index (χ1n) is 12.2. The van der Waals surface area contributed by atoms with Gasteiger partial charge >= 0.3 is 0 Å². The van der Waals surface area contributed by atoms with Crippen LogP contribution in [-0.4, -0.2) is 29.8 Å². The Kier molecular flexibility index (Phi) is 8.95. The summed E-state index contributed by atoms with van der Waals surface area (Å²) in [6.45, 7) is 4.04. The zero-order valence-electron chi connectivity index (χ0n) is 19.8. The van der Waals surface area contributed by atoms with Gasteiger partial charge < -0.3 is 15.5 Å². The number of hydrogen-bond donors (Lipinski definition) is 2. The number of carbonyl (C=O) groups is 1. The van der Waals surface area contributed by atoms with Crippen molar-refractivity contribution in [1.29, 1.82) is 0 Å². The predicted octanol–water partition coefficient (Wildman–Crippen LogP) is 5.45. The van der Waals surface area contributed by atoms with Crippen molar-refractivity contribution in [2.75, 3.05) is 11.1 Å². The third-order valence-corrected chi connectivity index (χ3v) is 9.46. The Morgan fingerprint density at radius 1 is 1.21 bits per heavy atom. The van der Waals surface area contributed by atoms with E-state index in [2.05, 4.69) is 17.2 Å². The fraction of sp³-hybridized carbons (Fsp3) is 0.600. The minimum Gasteiger partial charge on any atom is -0.431 e. The number of nitrogens with two attached hydrogens (primary N) is 1. The van der Waals surface area contributed by atoms with Crippen LogP contribution in [0.1, 0.15) is 92.7 Å². The predicted molar refractivity (Wildman–Crippen MR) is 132 cm³/mol. The molecular formula is C25H37N3O4S. The lowest BCUT2D eigenvalue weighted by Crippen LogP contribution is -2.33. The van der Waals surface area contributed by atoms with E-state index in [9.17, 15) is 13.2 Å². The topological polar surface area (TPSA) is 115 Å². The number of rotatable bonds is 11. The second kappa shape index (κ2) is 11.7. The van der Waals surface area contributed by atoms with Gasteiger partial charge in [0.25, 0.3) is 11.9 Å². The van der Waals surface area contributed by atoms with Gasteiger partial charge in [-0.15, -0.1) is 0 Å². The largest absolute Gasteiger partial charge is 0.431 e. The minimum atomic E-state index is -3.09. The summed E-state index contributed by atoms with van der Waals surface area (Å²) in [7, 11) is -3.09. The standard InChI is InChI=1S/C25H37N3O4S/c1-3-4-10-20(33(30,31)21-11-6-5-7-12-21)13-8-9-19-15-14-18(2)22(16-19)27-24(29)23-17-32-25(26)28-23/h14-17,20-21H,3-13H2,1-2H3,(H2,26,28)(H,27,29). The number of sulfone groups is 1. The first kappa shape index (κ1) is 25.3. The van der Waals surface area contributed by atoms with Gasteiger partial charge in [0.1, 0.15) is 6.26 Å². The third kappa shape index (κ3) is 6.82. The molecule has 8 heteroatoms. The number of benzene rings is 1. The Balaban J connectivity index is 1.62. The van der Waals surface area contributed by atoms with Gasteiger partial charge in [0.05, 0.1) is 10.5 Å². The van der Waals surface area contributed by atoms with Gasteiger partial charge in [0.2, 0.25) is 0 Å². The van der Waals surface area contributed by atoms with Crippen molar-refractivity contribution >= 4 is 27.4 Å². The lowest BCUT2D eigenvalue weighted by atomic mass is 10.0. The lowest BCUT2D eigenvalue weighted by molar-refractivity contribution is 0.102. The number of carbonyl (C=O) groups excluding carboxylic acids is 1. The molecular weight excluding hydrogens is 438 g/mol. The molecule has 7 nitrogen and oxygen atoms in total. The number of nitrogen functional groups attached to an aromatic ring is 1. The van der Waals surface area contributed by atoms with E-state index in [0.717, 1.165) is 75.3 Å². The van der Waals surface area contributed by atoms with Crippen LogP contribution in [0.4, 0.5) is 11.7 Å². The lowest BCUT2D eigenvalue weighted by Gasteiger charge is -2.27. The molecule has 2 aromatic rings. The molecule has 33 heavy (non-hydrogen) atoms. The van der Waals surface area contributed by atoms with Crippen molar-refractivity contribution in [2.45, 2.75) is 95.0 Å². The van der Waals surface area contributed by atoms with Gasteiger partial charge in [-0.2, -0.15) is 4.98 Å². The van der Waals surface area contributed by atoms with Gasteiger partial charge in [-0.05, 0) is 62.6 Å². The molecule has 1 amide bonds. The van der Waals surface area contributed by atoms with E-state index < -0.39 is 9.84 Å². The summed E-state index contributed by atoms with van der Waals surface area (Å²) in [6, 6.07) is 5.91. The summed E-state index contributed by atoms with van der Waals surface area (Å²) in [6.07, 6.45) is 11.1. The number of aryl methyl sites for hydroxylation is 2. The summed E-state index contributed by atoms with van der Waals surface area (Å²) in [5, 5.41) is 2.46. The van der Waals surface area contributed by atoms with Crippen LogP contribution >= 0.6 is 0 Å². The molecule has 0 radical (unpaired) electrons. The summed E-state index contributed by atoms with van der Waals surface area (Å²) < 4.78 is 31.5. The number of oxazole rings is 1. The number of aromatic nitrogens is 1. The number of hydrogen-bond acceptors (Lipinski definition) is 6. The minimum absolute atomic E-state index is 0.0496. The normalized spacial score (nSPS) is 15.9. The zero-order valence-corrected chi connectivity index (χ0v) is 20.6. The SMILES string of the molecule is CCCCC(CCCc1ccc(C)c(NC(=O)c2coc(N)n2)c1)S(=O)(=O)C1CCCCC1. The van der Waals surface area contributed by atoms with Crippen molar-refractivity contribution < 1.29 is 17.6 Å². The highest BCUT2D eigenvalue weighted by Crippen LogP contribution is 2.30. The van der Waals surface area contributed by atoms with Gasteiger partial charge in [0, 0.05) is 5.69 Å². The summed E-state index contributed by atoms with van der Waals surface area (Å²) in [5.74, 6) is -0.381. The van der Waals surface area contributed by atoms with Gasteiger partial charge in [-0.3, -0.25) is 4.79 Å². The number of unbranched alkanes of at least 4 members (excludes halogenated alkanes) is 1. The molecule has 1 fully saturated rings. The van der Waals surface area contributed by atoms with Crippen LogP contribution in [0.25, 0.3) is 0 Å². The molecule has 182 valence electrons. The summed E-state index contributed by atoms with van der Waals surface area (Å²) in [5.41, 5.74) is 8.29. The van der Waals surface area contributed by atoms with E-state index in [1.165, 1.54) is 6.26 Å². The van der Waals surface area contributed by atoms with Crippen LogP contribution in [0.3, 0.4) is 0 Å². The van der Waals surface area contributed by atoms with Crippen molar-refractivity contribution in [2.24, 2.45) is 0 Å². The molecule has 1 saturated carbocycles. The smallest absolute Gasteiger partial charge is 0.292 e. The molecule has 3 rings (SSSR count). The van der Waals surface area contributed by atoms with E-state index in [1.807, 2.05) is 25.1 Å². The highest BCUT2D eigenvalue weighted by Gasteiger charge is 2.33. The van der Waals surface area contributed by atoms with Crippen LogP contribution in [0, 0.1) is 6.92 Å². The highest BCUT2D eigenvalue weighted by molar-refractivity contribution is 7.92. The molecule has 1 aliphatic carbocycles. The van der Waals surface area contributed by atoms with Gasteiger partial charge in [0.15, 0.2) is 15.5 Å². The van der Waals surface area contributed by atoms with E-state index in [4.69, 9.17) is 10.2 Å². The molecule has 0 aliphatic heterocycles. The van der Waals surface area contributed by atoms with Crippen LogP contribution in [0.2, 0.25) is 0 Å². The van der Waals surface area contributed by atoms with Crippen LogP contribution in [0.15, 0.2) is 28.9 Å². The third-order valence-electron chi connectivity index (χ3n) is 6.66. The highest BCUT2D eigenvalue weighted by atomic mass is 32.2. The van der Waals surface area contributed by atoms with Gasteiger partial charge in [-0.25, -0.2) is 8.42 Å². The maximum atomic E-state index is 13.3. The Labute approximate surface area is 197 Å². The fourth-order valence-electron chi connectivity index (χ4n) is 4.64.